The molecule has 0 aliphatic carbocycles. The number of rotatable bonds is 8. The van der Waals surface area contributed by atoms with Crippen LogP contribution in [0.25, 0.3) is 0 Å². The van der Waals surface area contributed by atoms with Crippen molar-refractivity contribution in [2.45, 2.75) is 17.7 Å². The first-order valence-electron chi connectivity index (χ1n) is 9.41. The lowest BCUT2D eigenvalue weighted by Gasteiger charge is -2.36. The molecule has 0 aliphatic heterocycles. The zero-order chi connectivity index (χ0) is 19.8. The molecule has 3 nitrogen and oxygen atoms in total. The predicted octanol–water partition coefficient (Wildman–Crippen LogP) is 4.60. The summed E-state index contributed by atoms with van der Waals surface area (Å²) in [4.78, 5) is 12.1. The lowest BCUT2D eigenvalue weighted by atomic mass is 9.84. The highest BCUT2D eigenvalue weighted by Crippen LogP contribution is 2.48. The van der Waals surface area contributed by atoms with Gasteiger partial charge in [-0.15, -0.1) is 11.8 Å². The molecule has 0 unspecified atom stereocenters. The van der Waals surface area contributed by atoms with Crippen LogP contribution in [0.2, 0.25) is 0 Å². The molecule has 3 rings (SSSR count). The van der Waals surface area contributed by atoms with E-state index in [1.807, 2.05) is 54.6 Å². The van der Waals surface area contributed by atoms with Gasteiger partial charge < -0.3 is 10.5 Å². The van der Waals surface area contributed by atoms with Crippen LogP contribution in [-0.4, -0.2) is 24.4 Å². The largest absolute Gasteiger partial charge is 0.465 e. The first-order valence-corrected chi connectivity index (χ1v) is 10.4. The Labute approximate surface area is 170 Å². The maximum atomic E-state index is 12.1. The third kappa shape index (κ3) is 4.29. The molecule has 0 amide bonds. The van der Waals surface area contributed by atoms with E-state index in [-0.39, 0.29) is 5.97 Å². The van der Waals surface area contributed by atoms with E-state index < -0.39 is 10.8 Å². The summed E-state index contributed by atoms with van der Waals surface area (Å²) < 4.78 is 4.63. The van der Waals surface area contributed by atoms with Crippen molar-refractivity contribution in [1.82, 2.24) is 0 Å². The molecule has 0 radical (unpaired) electrons. The molecule has 144 valence electrons. The molecule has 2 N–H and O–H groups in total. The molecule has 0 spiro atoms. The highest BCUT2D eigenvalue weighted by molar-refractivity contribution is 8.00. The smallest absolute Gasteiger partial charge is 0.323 e. The zero-order valence-electron chi connectivity index (χ0n) is 16.0. The summed E-state index contributed by atoms with van der Waals surface area (Å²) in [6.07, 6.45) is 0. The summed E-state index contributed by atoms with van der Waals surface area (Å²) in [5.41, 5.74) is 9.59. The van der Waals surface area contributed by atoms with E-state index >= 15 is 0 Å². The average molecular weight is 392 g/mol. The molecule has 0 aromatic heterocycles. The summed E-state index contributed by atoms with van der Waals surface area (Å²) in [5.74, 6) is 0.0791. The SMILES string of the molecule is CCOC(=O)[C@H](N)CSC(c1ccccc1)(c1ccccc1)c1ccccc1. The molecule has 0 bridgehead atoms. The topological polar surface area (TPSA) is 52.3 Å². The van der Waals surface area contributed by atoms with Gasteiger partial charge in [0.2, 0.25) is 0 Å². The minimum atomic E-state index is -0.680. The molecule has 0 saturated heterocycles. The highest BCUT2D eigenvalue weighted by atomic mass is 32.2. The van der Waals surface area contributed by atoms with E-state index in [4.69, 9.17) is 10.5 Å². The number of thioether (sulfide) groups is 1. The molecule has 0 aliphatic rings. The van der Waals surface area contributed by atoms with E-state index in [1.165, 1.54) is 0 Å². The number of hydrogen-bond donors (Lipinski definition) is 1. The van der Waals surface area contributed by atoms with Crippen LogP contribution in [-0.2, 0) is 14.3 Å². The number of carbonyl (C=O) groups excluding carboxylic acids is 1. The Morgan fingerprint density at radius 2 is 1.25 bits per heavy atom. The Morgan fingerprint density at radius 1 is 0.857 bits per heavy atom. The summed E-state index contributed by atoms with van der Waals surface area (Å²) in [6, 6.07) is 30.4. The maximum Gasteiger partial charge on any atom is 0.323 e. The molecule has 4 heteroatoms. The number of hydrogen-bond acceptors (Lipinski definition) is 4. The first kappa shape index (κ1) is 20.2. The van der Waals surface area contributed by atoms with Crippen LogP contribution in [0.3, 0.4) is 0 Å². The number of carbonyl (C=O) groups is 1. The standard InChI is InChI=1S/C24H25NO2S/c1-2-27-23(26)22(25)18-28-24(19-12-6-3-7-13-19,20-14-8-4-9-15-20)21-16-10-5-11-17-21/h3-17,22H,2,18,25H2,1H3/t22-/m1/s1. The molecule has 3 aromatic carbocycles. The Bertz CT molecular complexity index is 772. The van der Waals surface area contributed by atoms with Gasteiger partial charge in [-0.05, 0) is 23.6 Å². The lowest BCUT2D eigenvalue weighted by Crippen LogP contribution is -2.37. The van der Waals surface area contributed by atoms with Crippen molar-refractivity contribution in [2.75, 3.05) is 12.4 Å². The molecule has 3 aromatic rings. The van der Waals surface area contributed by atoms with Crippen molar-refractivity contribution >= 4 is 17.7 Å². The zero-order valence-corrected chi connectivity index (χ0v) is 16.8. The van der Waals surface area contributed by atoms with Gasteiger partial charge in [-0.1, -0.05) is 91.0 Å². The molecule has 28 heavy (non-hydrogen) atoms. The Morgan fingerprint density at radius 3 is 1.61 bits per heavy atom. The summed E-state index contributed by atoms with van der Waals surface area (Å²) in [5, 5.41) is 0. The minimum absolute atomic E-state index is 0.332. The monoisotopic (exact) mass is 391 g/mol. The fourth-order valence-electron chi connectivity index (χ4n) is 3.30. The second kappa shape index (κ2) is 9.58. The Hall–Kier alpha value is -2.56. The van der Waals surface area contributed by atoms with Crippen molar-refractivity contribution < 1.29 is 9.53 Å². The Kier molecular flexibility index (Phi) is 6.90. The average Bonchev–Trinajstić information content (AvgIpc) is 2.76. The number of esters is 1. The highest BCUT2D eigenvalue weighted by Gasteiger charge is 2.37. The van der Waals surface area contributed by atoms with Crippen molar-refractivity contribution in [3.63, 3.8) is 0 Å². The summed E-state index contributed by atoms with van der Waals surface area (Å²) in [7, 11) is 0. The lowest BCUT2D eigenvalue weighted by molar-refractivity contribution is -0.144. The van der Waals surface area contributed by atoms with Crippen LogP contribution in [0.5, 0.6) is 0 Å². The van der Waals surface area contributed by atoms with Crippen LogP contribution in [0.4, 0.5) is 0 Å². The number of benzene rings is 3. The van der Waals surface area contributed by atoms with Gasteiger partial charge in [0.1, 0.15) is 6.04 Å². The van der Waals surface area contributed by atoms with Crippen LogP contribution < -0.4 is 5.73 Å². The van der Waals surface area contributed by atoms with Gasteiger partial charge >= 0.3 is 5.97 Å². The van der Waals surface area contributed by atoms with Crippen LogP contribution >= 0.6 is 11.8 Å². The maximum absolute atomic E-state index is 12.1. The van der Waals surface area contributed by atoms with Gasteiger partial charge in [0.25, 0.3) is 0 Å². The fraction of sp³-hybridized carbons (Fsp3) is 0.208. The third-order valence-corrected chi connectivity index (χ3v) is 6.28. The molecular weight excluding hydrogens is 366 g/mol. The Balaban J connectivity index is 2.10. The molecular formula is C24H25NO2S. The van der Waals surface area contributed by atoms with Crippen molar-refractivity contribution in [3.8, 4) is 0 Å². The van der Waals surface area contributed by atoms with Gasteiger partial charge in [-0.25, -0.2) is 0 Å². The van der Waals surface area contributed by atoms with Crippen molar-refractivity contribution in [3.05, 3.63) is 108 Å². The van der Waals surface area contributed by atoms with Crippen molar-refractivity contribution in [2.24, 2.45) is 5.73 Å². The van der Waals surface area contributed by atoms with Crippen LogP contribution in [0.1, 0.15) is 23.6 Å². The first-order chi connectivity index (χ1) is 13.7. The van der Waals surface area contributed by atoms with Gasteiger partial charge in [0, 0.05) is 5.75 Å². The normalized spacial score (nSPS) is 12.4. The second-order valence-corrected chi connectivity index (χ2v) is 7.68. The third-order valence-electron chi connectivity index (χ3n) is 4.61. The van der Waals surface area contributed by atoms with E-state index in [2.05, 4.69) is 36.4 Å². The second-order valence-electron chi connectivity index (χ2n) is 6.45. The van der Waals surface area contributed by atoms with E-state index in [1.54, 1.807) is 18.7 Å². The number of ether oxygens (including phenoxy) is 1. The van der Waals surface area contributed by atoms with E-state index in [0.717, 1.165) is 16.7 Å². The van der Waals surface area contributed by atoms with Crippen molar-refractivity contribution in [1.29, 1.82) is 0 Å². The summed E-state index contributed by atoms with van der Waals surface area (Å²) in [6.45, 7) is 2.12. The minimum Gasteiger partial charge on any atom is -0.465 e. The van der Waals surface area contributed by atoms with Gasteiger partial charge in [0.15, 0.2) is 0 Å². The number of nitrogens with two attached hydrogens (primary N) is 1. The van der Waals surface area contributed by atoms with Gasteiger partial charge in [-0.3, -0.25) is 4.79 Å². The van der Waals surface area contributed by atoms with Crippen LogP contribution in [0.15, 0.2) is 91.0 Å². The predicted molar refractivity (Wildman–Crippen MR) is 116 cm³/mol. The quantitative estimate of drug-likeness (QED) is 0.450. The van der Waals surface area contributed by atoms with Gasteiger partial charge in [-0.2, -0.15) is 0 Å². The van der Waals surface area contributed by atoms with Gasteiger partial charge in [0.05, 0.1) is 11.4 Å². The fourth-order valence-corrected chi connectivity index (χ4v) is 4.77. The van der Waals surface area contributed by atoms with Crippen LogP contribution in [0, 0.1) is 0 Å². The molecule has 1 atom stereocenters. The van der Waals surface area contributed by atoms with E-state index in [0.29, 0.717) is 12.4 Å². The summed E-state index contributed by atoms with van der Waals surface area (Å²) >= 11 is 1.66. The molecule has 0 heterocycles. The molecule has 0 fully saturated rings. The van der Waals surface area contributed by atoms with E-state index in [9.17, 15) is 4.79 Å². The molecule has 0 saturated carbocycles.